The number of ether oxygens (including phenoxy) is 3. The number of phosphoric acid groups is 1. The Kier molecular flexibility index (Phi) is 12.9. The second-order valence-electron chi connectivity index (χ2n) is 7.61. The molecule has 0 spiro atoms. The molecular weight excluding hydrogens is 488 g/mol. The Labute approximate surface area is 205 Å². The first kappa shape index (κ1) is 28.5. The van der Waals surface area contributed by atoms with Gasteiger partial charge < -0.3 is 19.1 Å². The molecule has 34 heavy (non-hydrogen) atoms. The second kappa shape index (κ2) is 15.3. The third kappa shape index (κ3) is 10.3. The molecule has 0 aromatic heterocycles. The molecule has 11 heteroatoms. The molecule has 0 heterocycles. The second-order valence-corrected chi connectivity index (χ2v) is 9.53. The van der Waals surface area contributed by atoms with Gasteiger partial charge in [-0.05, 0) is 60.8 Å². The molecule has 0 amide bonds. The van der Waals surface area contributed by atoms with Crippen LogP contribution in [0.4, 0.5) is 4.53 Å². The number of para-hydroxylation sites is 1. The van der Waals surface area contributed by atoms with Gasteiger partial charge in [0, 0.05) is 12.4 Å². The Morgan fingerprint density at radius 1 is 1.09 bits per heavy atom. The molecule has 0 bridgehead atoms. The summed E-state index contributed by atoms with van der Waals surface area (Å²) in [6.07, 6.45) is 1.15. The van der Waals surface area contributed by atoms with Crippen molar-refractivity contribution < 1.29 is 37.1 Å². The van der Waals surface area contributed by atoms with Gasteiger partial charge in [0.15, 0.2) is 6.79 Å². The lowest BCUT2D eigenvalue weighted by Gasteiger charge is -2.23. The monoisotopic (exact) mass is 519 g/mol. The Morgan fingerprint density at radius 3 is 2.59 bits per heavy atom. The lowest BCUT2D eigenvalue weighted by molar-refractivity contribution is -0.104. The molecule has 0 aliphatic heterocycles. The van der Waals surface area contributed by atoms with Crippen LogP contribution in [0.5, 0.6) is 11.5 Å². The van der Waals surface area contributed by atoms with Crippen LogP contribution >= 0.6 is 19.4 Å². The van der Waals surface area contributed by atoms with Crippen molar-refractivity contribution in [2.75, 3.05) is 53.6 Å². The quantitative estimate of drug-likeness (QED) is 0.163. The molecule has 0 N–H and O–H groups in total. The minimum absolute atomic E-state index is 0.00584. The van der Waals surface area contributed by atoms with Crippen molar-refractivity contribution in [3.8, 4) is 11.5 Å². The number of aryl methyl sites for hydroxylation is 2. The van der Waals surface area contributed by atoms with Crippen LogP contribution in [0.2, 0.25) is 0 Å². The molecule has 0 aliphatic rings. The summed E-state index contributed by atoms with van der Waals surface area (Å²) >= 11 is 5.45. The molecule has 0 saturated heterocycles. The number of benzene rings is 2. The van der Waals surface area contributed by atoms with Crippen molar-refractivity contribution >= 4 is 19.4 Å². The van der Waals surface area contributed by atoms with Crippen LogP contribution in [-0.2, 0) is 35.9 Å². The largest absolute Gasteiger partial charge is 0.508 e. The predicted octanol–water partition coefficient (Wildman–Crippen LogP) is 5.04. The molecule has 2 atom stereocenters. The summed E-state index contributed by atoms with van der Waals surface area (Å²) in [5, 5.41) is 0. The van der Waals surface area contributed by atoms with E-state index < -0.39 is 20.7 Å². The maximum absolute atomic E-state index is 12.6. The fourth-order valence-corrected chi connectivity index (χ4v) is 3.96. The number of halogens is 2. The normalized spacial score (nSPS) is 14.1. The van der Waals surface area contributed by atoms with Crippen molar-refractivity contribution in [1.82, 2.24) is 4.90 Å². The minimum atomic E-state index is -4.38. The van der Waals surface area contributed by atoms with Crippen molar-refractivity contribution in [2.24, 2.45) is 0 Å². The predicted molar refractivity (Wildman–Crippen MR) is 128 cm³/mol. The van der Waals surface area contributed by atoms with Crippen LogP contribution in [0, 0.1) is 0 Å². The van der Waals surface area contributed by atoms with Crippen LogP contribution in [0.3, 0.4) is 0 Å². The van der Waals surface area contributed by atoms with Crippen molar-refractivity contribution in [2.45, 2.75) is 18.9 Å². The van der Waals surface area contributed by atoms with E-state index in [9.17, 15) is 9.09 Å². The number of alkyl halides is 1. The van der Waals surface area contributed by atoms with E-state index in [4.69, 9.17) is 30.3 Å². The summed E-state index contributed by atoms with van der Waals surface area (Å²) in [5.74, 6) is 1.57. The Bertz CT molecular complexity index is 905. The number of likely N-dealkylation sites (N-methyl/N-ethyl adjacent to an activating group) is 1. The molecule has 2 aromatic rings. The van der Waals surface area contributed by atoms with Gasteiger partial charge in [0.05, 0.1) is 13.7 Å². The smallest absolute Gasteiger partial charge is 0.497 e. The maximum atomic E-state index is 12.6. The molecule has 8 nitrogen and oxygen atoms in total. The Hall–Kier alpha value is -1.71. The molecular formula is C23H32ClFNO7P. The van der Waals surface area contributed by atoms with E-state index in [1.165, 1.54) is 0 Å². The van der Waals surface area contributed by atoms with Gasteiger partial charge in [0.2, 0.25) is 0 Å². The number of rotatable bonds is 17. The number of hydrogen-bond donors (Lipinski definition) is 0. The van der Waals surface area contributed by atoms with Crippen LogP contribution in [0.25, 0.3) is 0 Å². The van der Waals surface area contributed by atoms with Gasteiger partial charge in [-0.25, -0.2) is 4.57 Å². The number of nitrogens with zero attached hydrogens (tertiary/aromatic N) is 1. The maximum Gasteiger partial charge on any atom is 0.508 e. The van der Waals surface area contributed by atoms with E-state index in [1.807, 2.05) is 61.5 Å². The summed E-state index contributed by atoms with van der Waals surface area (Å²) in [5.41, 5.74) is 2.21. The van der Waals surface area contributed by atoms with E-state index >= 15 is 0 Å². The zero-order chi connectivity index (χ0) is 24.8. The zero-order valence-corrected chi connectivity index (χ0v) is 21.3. The molecule has 2 aromatic carbocycles. The van der Waals surface area contributed by atoms with Crippen molar-refractivity contribution in [1.29, 1.82) is 0 Å². The molecule has 2 rings (SSSR count). The lowest BCUT2D eigenvalue weighted by atomic mass is 10.0. The van der Waals surface area contributed by atoms with E-state index in [-0.39, 0.29) is 19.1 Å². The molecule has 1 unspecified atom stereocenters. The van der Waals surface area contributed by atoms with Crippen LogP contribution in [0.15, 0.2) is 48.5 Å². The van der Waals surface area contributed by atoms with E-state index in [0.29, 0.717) is 6.54 Å². The lowest BCUT2D eigenvalue weighted by Crippen LogP contribution is -2.34. The highest BCUT2D eigenvalue weighted by Crippen LogP contribution is 2.49. The average Bonchev–Trinajstić information content (AvgIpc) is 2.85. The van der Waals surface area contributed by atoms with Crippen molar-refractivity contribution in [3.05, 3.63) is 59.7 Å². The highest BCUT2D eigenvalue weighted by atomic mass is 35.5. The van der Waals surface area contributed by atoms with Gasteiger partial charge in [-0.1, -0.05) is 35.1 Å². The highest BCUT2D eigenvalue weighted by Gasteiger charge is 2.28. The summed E-state index contributed by atoms with van der Waals surface area (Å²) in [6, 6.07) is 15.7. The number of methoxy groups -OCH3 is 1. The molecule has 0 fully saturated rings. The zero-order valence-electron chi connectivity index (χ0n) is 19.7. The van der Waals surface area contributed by atoms with Gasteiger partial charge >= 0.3 is 7.82 Å². The van der Waals surface area contributed by atoms with E-state index in [1.54, 1.807) is 7.11 Å². The minimum Gasteiger partial charge on any atom is -0.497 e. The molecule has 0 aliphatic carbocycles. The standard InChI is InChI=1S/C23H32ClFNO7P/c1-26(2)16-22(30-18-32-34(27,33-25)31-14-13-24)17-29-23-10-5-4-8-20(23)12-11-19-7-6-9-21(15-19)28-3/h4-10,15,22H,11-14,16-18H2,1-3H3/t22-,34?/m1/s1. The summed E-state index contributed by atoms with van der Waals surface area (Å²) in [6.45, 7) is -0.0257. The van der Waals surface area contributed by atoms with Gasteiger partial charge in [-0.15, -0.1) is 11.6 Å². The number of phosphoric ester groups is 1. The van der Waals surface area contributed by atoms with Crippen LogP contribution < -0.4 is 9.47 Å². The fraction of sp³-hybridized carbons (Fsp3) is 0.478. The molecule has 0 radical (unpaired) electrons. The van der Waals surface area contributed by atoms with Crippen LogP contribution in [0.1, 0.15) is 11.1 Å². The first-order valence-electron chi connectivity index (χ1n) is 10.7. The number of hydrogen-bond acceptors (Lipinski definition) is 8. The molecule has 0 saturated carbocycles. The molecule has 190 valence electrons. The Balaban J connectivity index is 1.94. The van der Waals surface area contributed by atoms with Crippen molar-refractivity contribution in [3.63, 3.8) is 0 Å². The van der Waals surface area contributed by atoms with Gasteiger partial charge in [0.25, 0.3) is 0 Å². The summed E-state index contributed by atoms with van der Waals surface area (Å²) in [7, 11) is 1.02. The summed E-state index contributed by atoms with van der Waals surface area (Å²) < 4.78 is 54.4. The van der Waals surface area contributed by atoms with Gasteiger partial charge in [0.1, 0.15) is 24.2 Å². The topological polar surface area (TPSA) is 75.7 Å². The van der Waals surface area contributed by atoms with Gasteiger partial charge in [-0.2, -0.15) is 0 Å². The Morgan fingerprint density at radius 2 is 1.88 bits per heavy atom. The van der Waals surface area contributed by atoms with Crippen LogP contribution in [-0.4, -0.2) is 64.6 Å². The SMILES string of the molecule is COc1cccc(CCc2ccccc2OC[C@@H](CN(C)C)OCOP(=O)(OF)OCCCl)c1. The fourth-order valence-electron chi connectivity index (χ4n) is 3.12. The third-order valence-corrected chi connectivity index (χ3v) is 5.95. The first-order chi connectivity index (χ1) is 16.4. The summed E-state index contributed by atoms with van der Waals surface area (Å²) in [4.78, 5) is 1.90. The average molecular weight is 520 g/mol. The van der Waals surface area contributed by atoms with E-state index in [0.717, 1.165) is 35.5 Å². The third-order valence-electron chi connectivity index (χ3n) is 4.71. The highest BCUT2D eigenvalue weighted by molar-refractivity contribution is 7.48. The van der Waals surface area contributed by atoms with E-state index in [2.05, 4.69) is 15.3 Å². The first-order valence-corrected chi connectivity index (χ1v) is 12.7. The van der Waals surface area contributed by atoms with Gasteiger partial charge in [-0.3, -0.25) is 9.05 Å².